The van der Waals surface area contributed by atoms with E-state index in [1.807, 2.05) is 42.5 Å². The molecule has 0 radical (unpaired) electrons. The van der Waals surface area contributed by atoms with Gasteiger partial charge in [-0.05, 0) is 41.0 Å². The fourth-order valence-corrected chi connectivity index (χ4v) is 3.83. The molecule has 1 N–H and O–H groups in total. The van der Waals surface area contributed by atoms with E-state index >= 15 is 0 Å². The molecule has 0 saturated carbocycles. The molecule has 25 heavy (non-hydrogen) atoms. The second kappa shape index (κ2) is 6.91. The first kappa shape index (κ1) is 16.9. The summed E-state index contributed by atoms with van der Waals surface area (Å²) in [6.07, 6.45) is 2.85. The highest BCUT2D eigenvalue weighted by atomic mass is 32.2. The van der Waals surface area contributed by atoms with Gasteiger partial charge in [-0.15, -0.1) is 0 Å². The van der Waals surface area contributed by atoms with E-state index in [-0.39, 0.29) is 4.90 Å². The number of amides is 1. The Kier molecular flexibility index (Phi) is 4.67. The molecule has 0 saturated heterocycles. The monoisotopic (exact) mass is 351 g/mol. The molecule has 3 rings (SSSR count). The van der Waals surface area contributed by atoms with Crippen molar-refractivity contribution in [3.8, 4) is 0 Å². The van der Waals surface area contributed by atoms with E-state index in [9.17, 15) is 13.2 Å². The van der Waals surface area contributed by atoms with Crippen LogP contribution in [0, 0.1) is 6.92 Å². The SMILES string of the molecule is Cc1ccccc1S(=O)(=O)NC(=O)/C=C/c1cccc2ccccc12. The molecule has 126 valence electrons. The van der Waals surface area contributed by atoms with Crippen LogP contribution in [0.4, 0.5) is 0 Å². The highest BCUT2D eigenvalue weighted by Gasteiger charge is 2.17. The van der Waals surface area contributed by atoms with Crippen molar-refractivity contribution in [2.75, 3.05) is 0 Å². The highest BCUT2D eigenvalue weighted by molar-refractivity contribution is 7.90. The molecule has 1 amide bonds. The Morgan fingerprint density at radius 3 is 2.40 bits per heavy atom. The van der Waals surface area contributed by atoms with Crippen molar-refractivity contribution in [1.29, 1.82) is 0 Å². The van der Waals surface area contributed by atoms with Gasteiger partial charge in [0.1, 0.15) is 0 Å². The summed E-state index contributed by atoms with van der Waals surface area (Å²) in [6.45, 7) is 1.69. The highest BCUT2D eigenvalue weighted by Crippen LogP contribution is 2.19. The molecule has 0 aliphatic carbocycles. The van der Waals surface area contributed by atoms with Gasteiger partial charge in [0.15, 0.2) is 0 Å². The number of rotatable bonds is 4. The standard InChI is InChI=1S/C20H17NO3S/c1-15-7-2-5-12-19(15)25(23,24)21-20(22)14-13-17-10-6-9-16-8-3-4-11-18(16)17/h2-14H,1H3,(H,21,22)/b14-13+. The van der Waals surface area contributed by atoms with Crippen LogP contribution in [0.3, 0.4) is 0 Å². The van der Waals surface area contributed by atoms with Gasteiger partial charge in [0.2, 0.25) is 0 Å². The van der Waals surface area contributed by atoms with Crippen LogP contribution in [0.25, 0.3) is 16.8 Å². The quantitative estimate of drug-likeness (QED) is 0.730. The second-order valence-corrected chi connectivity index (χ2v) is 7.29. The zero-order valence-electron chi connectivity index (χ0n) is 13.6. The van der Waals surface area contributed by atoms with Crippen LogP contribution in [0.5, 0.6) is 0 Å². The van der Waals surface area contributed by atoms with Gasteiger partial charge in [0.05, 0.1) is 4.90 Å². The van der Waals surface area contributed by atoms with Crippen LogP contribution >= 0.6 is 0 Å². The number of aryl methyl sites for hydroxylation is 1. The van der Waals surface area contributed by atoms with E-state index in [1.54, 1.807) is 31.2 Å². The third-order valence-electron chi connectivity index (χ3n) is 3.86. The molecule has 4 nitrogen and oxygen atoms in total. The summed E-state index contributed by atoms with van der Waals surface area (Å²) in [5.41, 5.74) is 1.43. The predicted molar refractivity (Wildman–Crippen MR) is 99.5 cm³/mol. The van der Waals surface area contributed by atoms with Gasteiger partial charge in [-0.2, -0.15) is 0 Å². The largest absolute Gasteiger partial charge is 0.269 e. The number of carbonyl (C=O) groups is 1. The van der Waals surface area contributed by atoms with Crippen LogP contribution in [-0.4, -0.2) is 14.3 Å². The van der Waals surface area contributed by atoms with Crippen LogP contribution in [0.2, 0.25) is 0 Å². The van der Waals surface area contributed by atoms with E-state index in [2.05, 4.69) is 4.72 Å². The zero-order chi connectivity index (χ0) is 17.9. The fourth-order valence-electron chi connectivity index (χ4n) is 2.64. The lowest BCUT2D eigenvalue weighted by atomic mass is 10.0. The lowest BCUT2D eigenvalue weighted by molar-refractivity contribution is -0.114. The van der Waals surface area contributed by atoms with E-state index in [1.165, 1.54) is 12.1 Å². The number of fused-ring (bicyclic) bond motifs is 1. The first-order chi connectivity index (χ1) is 12.0. The molecular weight excluding hydrogens is 334 g/mol. The topological polar surface area (TPSA) is 63.2 Å². The minimum Gasteiger partial charge on any atom is -0.269 e. The van der Waals surface area contributed by atoms with E-state index < -0.39 is 15.9 Å². The average Bonchev–Trinajstić information content (AvgIpc) is 2.59. The maximum absolute atomic E-state index is 12.3. The Morgan fingerprint density at radius 2 is 1.60 bits per heavy atom. The zero-order valence-corrected chi connectivity index (χ0v) is 14.5. The van der Waals surface area contributed by atoms with Crippen molar-refractivity contribution in [2.45, 2.75) is 11.8 Å². The van der Waals surface area contributed by atoms with Gasteiger partial charge in [0.25, 0.3) is 15.9 Å². The van der Waals surface area contributed by atoms with Gasteiger partial charge in [0, 0.05) is 6.08 Å². The van der Waals surface area contributed by atoms with E-state index in [0.717, 1.165) is 16.3 Å². The summed E-state index contributed by atoms with van der Waals surface area (Å²) in [5, 5.41) is 2.05. The molecule has 5 heteroatoms. The molecule has 0 aliphatic rings. The predicted octanol–water partition coefficient (Wildman–Crippen LogP) is 3.67. The van der Waals surface area contributed by atoms with E-state index in [0.29, 0.717) is 5.56 Å². The van der Waals surface area contributed by atoms with Crippen molar-refractivity contribution in [1.82, 2.24) is 4.72 Å². The Bertz CT molecular complexity index is 1060. The molecule has 0 bridgehead atoms. The Hall–Kier alpha value is -2.92. The molecule has 0 aromatic heterocycles. The number of carbonyl (C=O) groups excluding carboxylic acids is 1. The fraction of sp³-hybridized carbons (Fsp3) is 0.0500. The van der Waals surface area contributed by atoms with Crippen molar-refractivity contribution in [2.24, 2.45) is 0 Å². The third kappa shape index (κ3) is 3.78. The van der Waals surface area contributed by atoms with Crippen LogP contribution < -0.4 is 4.72 Å². The number of sulfonamides is 1. The summed E-state index contributed by atoms with van der Waals surface area (Å²) in [5.74, 6) is -0.684. The minimum atomic E-state index is -3.89. The Balaban J connectivity index is 1.83. The van der Waals surface area contributed by atoms with Gasteiger partial charge in [-0.1, -0.05) is 60.7 Å². The summed E-state index contributed by atoms with van der Waals surface area (Å²) < 4.78 is 26.7. The van der Waals surface area contributed by atoms with Gasteiger partial charge < -0.3 is 0 Å². The number of hydrogen-bond acceptors (Lipinski definition) is 3. The molecule has 0 atom stereocenters. The van der Waals surface area contributed by atoms with Crippen LogP contribution in [-0.2, 0) is 14.8 Å². The molecule has 0 heterocycles. The number of hydrogen-bond donors (Lipinski definition) is 1. The molecule has 3 aromatic rings. The molecule has 0 aliphatic heterocycles. The van der Waals surface area contributed by atoms with Gasteiger partial charge in [-0.3, -0.25) is 4.79 Å². The Labute approximate surface area is 146 Å². The summed E-state index contributed by atoms with van der Waals surface area (Å²) in [6, 6.07) is 20.1. The van der Waals surface area contributed by atoms with Gasteiger partial charge in [-0.25, -0.2) is 13.1 Å². The van der Waals surface area contributed by atoms with Crippen molar-refractivity contribution >= 4 is 32.8 Å². The van der Waals surface area contributed by atoms with Gasteiger partial charge >= 0.3 is 0 Å². The maximum Gasteiger partial charge on any atom is 0.264 e. The van der Waals surface area contributed by atoms with Crippen LogP contribution in [0.15, 0.2) is 77.7 Å². The van der Waals surface area contributed by atoms with Crippen LogP contribution in [0.1, 0.15) is 11.1 Å². The lowest BCUT2D eigenvalue weighted by Gasteiger charge is -2.07. The average molecular weight is 351 g/mol. The van der Waals surface area contributed by atoms with Crippen molar-refractivity contribution in [3.05, 3.63) is 83.9 Å². The molecular formula is C20H17NO3S. The molecule has 3 aromatic carbocycles. The van der Waals surface area contributed by atoms with Crippen molar-refractivity contribution < 1.29 is 13.2 Å². The van der Waals surface area contributed by atoms with Crippen molar-refractivity contribution in [3.63, 3.8) is 0 Å². The van der Waals surface area contributed by atoms with E-state index in [4.69, 9.17) is 0 Å². The molecule has 0 unspecified atom stereocenters. The summed E-state index contributed by atoms with van der Waals surface area (Å²) in [7, 11) is -3.89. The number of benzene rings is 3. The second-order valence-electron chi connectivity index (χ2n) is 5.64. The first-order valence-corrected chi connectivity index (χ1v) is 9.24. The maximum atomic E-state index is 12.3. The lowest BCUT2D eigenvalue weighted by Crippen LogP contribution is -2.29. The minimum absolute atomic E-state index is 0.0990. The first-order valence-electron chi connectivity index (χ1n) is 7.76. The summed E-state index contributed by atoms with van der Waals surface area (Å²) >= 11 is 0. The summed E-state index contributed by atoms with van der Waals surface area (Å²) in [4.78, 5) is 12.2. The normalized spacial score (nSPS) is 11.7. The number of nitrogens with one attached hydrogen (secondary N) is 1. The molecule has 0 spiro atoms. The molecule has 0 fully saturated rings. The third-order valence-corrected chi connectivity index (χ3v) is 5.36. The smallest absolute Gasteiger partial charge is 0.264 e. The Morgan fingerprint density at radius 1 is 0.920 bits per heavy atom.